The smallest absolute Gasteiger partial charge is 0.344 e. The number of methoxy groups -OCH3 is 1. The Hall–Kier alpha value is -3.54. The molecule has 6 heteroatoms. The van der Waals surface area contributed by atoms with E-state index in [9.17, 15) is 9.59 Å². The van der Waals surface area contributed by atoms with E-state index in [1.807, 2.05) is 62.4 Å². The number of hydrogen-bond donors (Lipinski definition) is 1. The van der Waals surface area contributed by atoms with E-state index in [4.69, 9.17) is 14.2 Å². The number of carbonyl (C=O) groups is 2. The van der Waals surface area contributed by atoms with E-state index in [0.717, 1.165) is 22.2 Å². The van der Waals surface area contributed by atoms with Crippen LogP contribution in [-0.2, 0) is 9.53 Å². The number of Topliss-reactive ketones (excluding diaryl/α,β-unsaturated/α-hetero) is 1. The summed E-state index contributed by atoms with van der Waals surface area (Å²) < 4.78 is 15.9. The minimum atomic E-state index is -0.629. The molecule has 0 atom stereocenters. The van der Waals surface area contributed by atoms with Gasteiger partial charge in [0.05, 0.1) is 7.11 Å². The largest absolute Gasteiger partial charge is 0.493 e. The summed E-state index contributed by atoms with van der Waals surface area (Å²) in [5.74, 6) is 0.0485. The summed E-state index contributed by atoms with van der Waals surface area (Å²) in [6.07, 6.45) is 3.85. The predicted octanol–water partition coefficient (Wildman–Crippen LogP) is 4.32. The van der Waals surface area contributed by atoms with Gasteiger partial charge in [0.25, 0.3) is 0 Å². The van der Waals surface area contributed by atoms with Crippen molar-refractivity contribution in [3.05, 3.63) is 65.4 Å². The highest BCUT2D eigenvalue weighted by Gasteiger charge is 2.18. The normalized spacial score (nSPS) is 11.0. The second-order valence-corrected chi connectivity index (χ2v) is 6.45. The Labute approximate surface area is 169 Å². The molecule has 0 aliphatic carbocycles. The number of ether oxygens (including phenoxy) is 3. The summed E-state index contributed by atoms with van der Waals surface area (Å²) >= 11 is 0. The lowest BCUT2D eigenvalue weighted by molar-refractivity contribution is -0.144. The van der Waals surface area contributed by atoms with Crippen molar-refractivity contribution in [1.29, 1.82) is 0 Å². The number of H-pyrrole nitrogens is 1. The van der Waals surface area contributed by atoms with Crippen LogP contribution in [0.3, 0.4) is 0 Å². The third-order valence-corrected chi connectivity index (χ3v) is 4.43. The molecule has 6 nitrogen and oxygen atoms in total. The zero-order chi connectivity index (χ0) is 20.8. The fourth-order valence-corrected chi connectivity index (χ4v) is 3.13. The van der Waals surface area contributed by atoms with Gasteiger partial charge < -0.3 is 19.2 Å². The first-order valence-corrected chi connectivity index (χ1v) is 9.23. The van der Waals surface area contributed by atoms with E-state index < -0.39 is 5.97 Å². The molecule has 0 bridgehead atoms. The molecule has 3 aromatic rings. The highest BCUT2D eigenvalue weighted by Crippen LogP contribution is 2.28. The first kappa shape index (κ1) is 20.2. The fraction of sp³-hybridized carbons (Fsp3) is 0.217. The van der Waals surface area contributed by atoms with Gasteiger partial charge in [0.15, 0.2) is 24.7 Å². The van der Waals surface area contributed by atoms with Crippen LogP contribution in [0.15, 0.2) is 48.5 Å². The summed E-state index contributed by atoms with van der Waals surface area (Å²) in [5.41, 5.74) is 3.11. The van der Waals surface area contributed by atoms with Crippen LogP contribution in [0.25, 0.3) is 17.0 Å². The maximum absolute atomic E-state index is 12.6. The second-order valence-electron chi connectivity index (χ2n) is 6.45. The van der Waals surface area contributed by atoms with Crippen LogP contribution in [0.1, 0.15) is 28.5 Å². The molecule has 1 heterocycles. The molecule has 0 saturated heterocycles. The summed E-state index contributed by atoms with van der Waals surface area (Å²) in [6.45, 7) is 3.08. The molecule has 150 valence electrons. The molecule has 0 spiro atoms. The van der Waals surface area contributed by atoms with Crippen LogP contribution in [0, 0.1) is 6.92 Å². The molecule has 0 aliphatic rings. The quantitative estimate of drug-likeness (QED) is 0.455. The minimum absolute atomic E-state index is 0.262. The van der Waals surface area contributed by atoms with Gasteiger partial charge in [0.1, 0.15) is 0 Å². The van der Waals surface area contributed by atoms with E-state index in [2.05, 4.69) is 4.98 Å². The number of nitrogens with one attached hydrogen (secondary N) is 1. The lowest BCUT2D eigenvalue weighted by atomic mass is 10.1. The summed E-state index contributed by atoms with van der Waals surface area (Å²) in [7, 11) is 1.53. The van der Waals surface area contributed by atoms with Gasteiger partial charge in [0.2, 0.25) is 5.78 Å². The molecule has 2 aromatic carbocycles. The van der Waals surface area contributed by atoms with Crippen molar-refractivity contribution < 1.29 is 23.8 Å². The van der Waals surface area contributed by atoms with Crippen molar-refractivity contribution in [2.24, 2.45) is 0 Å². The zero-order valence-electron chi connectivity index (χ0n) is 16.7. The van der Waals surface area contributed by atoms with Crippen molar-refractivity contribution in [1.82, 2.24) is 4.98 Å². The number of ketones is 1. The maximum atomic E-state index is 12.6. The van der Waals surface area contributed by atoms with Gasteiger partial charge in [-0.3, -0.25) is 4.79 Å². The number of para-hydroxylation sites is 1. The average Bonchev–Trinajstić information content (AvgIpc) is 3.06. The topological polar surface area (TPSA) is 77.6 Å². The number of aryl methyl sites for hydroxylation is 1. The molecule has 0 aliphatic heterocycles. The molecule has 1 aromatic heterocycles. The molecule has 29 heavy (non-hydrogen) atoms. The number of hydrogen-bond acceptors (Lipinski definition) is 5. The van der Waals surface area contributed by atoms with Crippen LogP contribution in [-0.4, -0.2) is 37.1 Å². The Morgan fingerprint density at radius 3 is 2.62 bits per heavy atom. The Morgan fingerprint density at radius 2 is 1.86 bits per heavy atom. The monoisotopic (exact) mass is 393 g/mol. The van der Waals surface area contributed by atoms with E-state index in [1.54, 1.807) is 6.07 Å². The number of fused-ring (bicyclic) bond motifs is 1. The number of rotatable bonds is 8. The highest BCUT2D eigenvalue weighted by atomic mass is 16.6. The van der Waals surface area contributed by atoms with Gasteiger partial charge in [-0.2, -0.15) is 0 Å². The number of allylic oxidation sites excluding steroid dienone is 1. The molecule has 1 N–H and O–H groups in total. The Bertz CT molecular complexity index is 1060. The molecular weight excluding hydrogens is 370 g/mol. The predicted molar refractivity (Wildman–Crippen MR) is 112 cm³/mol. The average molecular weight is 393 g/mol. The Balaban J connectivity index is 1.59. The zero-order valence-corrected chi connectivity index (χ0v) is 16.7. The molecule has 0 saturated carbocycles. The molecule has 0 radical (unpaired) electrons. The maximum Gasteiger partial charge on any atom is 0.344 e. The molecule has 0 unspecified atom stereocenters. The molecular formula is C23H23NO5. The third kappa shape index (κ3) is 4.66. The molecule has 0 amide bonds. The van der Waals surface area contributed by atoms with Crippen molar-refractivity contribution >= 4 is 28.7 Å². The highest BCUT2D eigenvalue weighted by molar-refractivity contribution is 6.10. The Morgan fingerprint density at radius 1 is 1.07 bits per heavy atom. The van der Waals surface area contributed by atoms with Gasteiger partial charge in [0, 0.05) is 22.2 Å². The fourth-order valence-electron chi connectivity index (χ4n) is 3.13. The number of esters is 1. The standard InChI is InChI=1S/C23H23NO5/c1-4-7-16-10-11-20(21(12-16)27-3)28-14-22(26)29-13-19(25)23-15(2)24-18-9-6-5-8-17(18)23/h4-12,24H,13-14H2,1-3H3/b7-4+. The van der Waals surface area contributed by atoms with Gasteiger partial charge in [-0.1, -0.05) is 36.4 Å². The lowest BCUT2D eigenvalue weighted by Gasteiger charge is -2.11. The van der Waals surface area contributed by atoms with Crippen molar-refractivity contribution in [2.75, 3.05) is 20.3 Å². The van der Waals surface area contributed by atoms with Crippen LogP contribution >= 0.6 is 0 Å². The second kappa shape index (κ2) is 9.10. The van der Waals surface area contributed by atoms with E-state index in [0.29, 0.717) is 17.1 Å². The van der Waals surface area contributed by atoms with Gasteiger partial charge in [-0.15, -0.1) is 0 Å². The number of aromatic nitrogens is 1. The van der Waals surface area contributed by atoms with Crippen molar-refractivity contribution in [3.8, 4) is 11.5 Å². The third-order valence-electron chi connectivity index (χ3n) is 4.43. The number of aromatic amines is 1. The van der Waals surface area contributed by atoms with Gasteiger partial charge in [-0.05, 0) is 37.6 Å². The first-order valence-electron chi connectivity index (χ1n) is 9.23. The summed E-state index contributed by atoms with van der Waals surface area (Å²) in [5, 5.41) is 0.813. The van der Waals surface area contributed by atoms with E-state index in [1.165, 1.54) is 7.11 Å². The number of carbonyl (C=O) groups excluding carboxylic acids is 2. The van der Waals surface area contributed by atoms with Crippen LogP contribution < -0.4 is 9.47 Å². The van der Waals surface area contributed by atoms with E-state index in [-0.39, 0.29) is 19.0 Å². The van der Waals surface area contributed by atoms with E-state index >= 15 is 0 Å². The van der Waals surface area contributed by atoms with Gasteiger partial charge >= 0.3 is 5.97 Å². The summed E-state index contributed by atoms with van der Waals surface area (Å²) in [4.78, 5) is 27.8. The van der Waals surface area contributed by atoms with Crippen molar-refractivity contribution in [3.63, 3.8) is 0 Å². The van der Waals surface area contributed by atoms with Crippen LogP contribution in [0.2, 0.25) is 0 Å². The molecule has 3 rings (SSSR count). The number of benzene rings is 2. The minimum Gasteiger partial charge on any atom is -0.493 e. The van der Waals surface area contributed by atoms with Crippen LogP contribution in [0.4, 0.5) is 0 Å². The van der Waals surface area contributed by atoms with Gasteiger partial charge in [-0.25, -0.2) is 4.79 Å². The SMILES string of the molecule is C/C=C/c1ccc(OCC(=O)OCC(=O)c2c(C)[nH]c3ccccc23)c(OC)c1. The Kier molecular flexibility index (Phi) is 6.34. The van der Waals surface area contributed by atoms with Crippen molar-refractivity contribution in [2.45, 2.75) is 13.8 Å². The first-order chi connectivity index (χ1) is 14.0. The molecule has 0 fully saturated rings. The lowest BCUT2D eigenvalue weighted by Crippen LogP contribution is -2.20. The van der Waals surface area contributed by atoms with Crippen LogP contribution in [0.5, 0.6) is 11.5 Å². The summed E-state index contributed by atoms with van der Waals surface area (Å²) in [6, 6.07) is 12.9.